The lowest BCUT2D eigenvalue weighted by Gasteiger charge is -2.06. The minimum Gasteiger partial charge on any atom is -0.382 e. The Morgan fingerprint density at radius 3 is 2.88 bits per heavy atom. The maximum Gasteiger partial charge on any atom is 0.124 e. The predicted molar refractivity (Wildman–Crippen MR) is 66.9 cm³/mol. The SMILES string of the molecule is CCOCCCNCc1cc(F)cc(Br)c1. The quantitative estimate of drug-likeness (QED) is 0.779. The van der Waals surface area contributed by atoms with Gasteiger partial charge in [-0.25, -0.2) is 4.39 Å². The normalized spacial score (nSPS) is 10.7. The van der Waals surface area contributed by atoms with Crippen molar-refractivity contribution in [1.82, 2.24) is 5.32 Å². The van der Waals surface area contributed by atoms with Gasteiger partial charge >= 0.3 is 0 Å². The standard InChI is InChI=1S/C12H17BrFNO/c1-2-16-5-3-4-15-9-10-6-11(13)8-12(14)7-10/h6-8,15H,2-5,9H2,1H3. The molecule has 0 aliphatic heterocycles. The fourth-order valence-corrected chi connectivity index (χ4v) is 1.90. The average molecular weight is 290 g/mol. The van der Waals surface area contributed by atoms with E-state index in [0.29, 0.717) is 6.54 Å². The Kier molecular flexibility index (Phi) is 6.61. The van der Waals surface area contributed by atoms with E-state index in [1.807, 2.05) is 13.0 Å². The van der Waals surface area contributed by atoms with Gasteiger partial charge in [-0.1, -0.05) is 15.9 Å². The number of rotatable bonds is 7. The van der Waals surface area contributed by atoms with E-state index < -0.39 is 0 Å². The van der Waals surface area contributed by atoms with Crippen molar-refractivity contribution in [1.29, 1.82) is 0 Å². The van der Waals surface area contributed by atoms with E-state index in [0.717, 1.165) is 36.2 Å². The maximum absolute atomic E-state index is 13.0. The van der Waals surface area contributed by atoms with Gasteiger partial charge in [0.1, 0.15) is 5.82 Å². The molecule has 0 aromatic heterocycles. The van der Waals surface area contributed by atoms with E-state index in [1.54, 1.807) is 6.07 Å². The van der Waals surface area contributed by atoms with Gasteiger partial charge in [0.25, 0.3) is 0 Å². The third-order valence-electron chi connectivity index (χ3n) is 2.10. The van der Waals surface area contributed by atoms with Gasteiger partial charge in [0.05, 0.1) is 0 Å². The lowest BCUT2D eigenvalue weighted by atomic mass is 10.2. The van der Waals surface area contributed by atoms with Gasteiger partial charge < -0.3 is 10.1 Å². The summed E-state index contributed by atoms with van der Waals surface area (Å²) in [6.45, 7) is 5.08. The van der Waals surface area contributed by atoms with Gasteiger partial charge in [0, 0.05) is 24.2 Å². The molecule has 0 saturated carbocycles. The van der Waals surface area contributed by atoms with E-state index in [2.05, 4.69) is 21.2 Å². The molecule has 90 valence electrons. The van der Waals surface area contributed by atoms with Crippen LogP contribution in [-0.4, -0.2) is 19.8 Å². The molecule has 4 heteroatoms. The molecule has 0 heterocycles. The lowest BCUT2D eigenvalue weighted by molar-refractivity contribution is 0.144. The fourth-order valence-electron chi connectivity index (χ4n) is 1.39. The molecule has 1 aromatic carbocycles. The number of halogens is 2. The summed E-state index contributed by atoms with van der Waals surface area (Å²) in [5, 5.41) is 3.25. The van der Waals surface area contributed by atoms with E-state index in [4.69, 9.17) is 4.74 Å². The molecule has 0 aliphatic rings. The number of nitrogens with one attached hydrogen (secondary N) is 1. The topological polar surface area (TPSA) is 21.3 Å². The van der Waals surface area contributed by atoms with Gasteiger partial charge in [-0.2, -0.15) is 0 Å². The number of hydrogen-bond donors (Lipinski definition) is 1. The molecular formula is C12H17BrFNO. The van der Waals surface area contributed by atoms with E-state index in [1.165, 1.54) is 6.07 Å². The van der Waals surface area contributed by atoms with Gasteiger partial charge in [-0.3, -0.25) is 0 Å². The minimum absolute atomic E-state index is 0.208. The second-order valence-corrected chi connectivity index (χ2v) is 4.42. The van der Waals surface area contributed by atoms with Crippen LogP contribution in [-0.2, 0) is 11.3 Å². The largest absolute Gasteiger partial charge is 0.382 e. The third kappa shape index (κ3) is 5.58. The highest BCUT2D eigenvalue weighted by atomic mass is 79.9. The van der Waals surface area contributed by atoms with Crippen LogP contribution in [0.4, 0.5) is 4.39 Å². The Hall–Kier alpha value is -0.450. The molecule has 1 aromatic rings. The molecule has 0 bridgehead atoms. The molecule has 0 radical (unpaired) electrons. The highest BCUT2D eigenvalue weighted by Crippen LogP contribution is 2.14. The molecule has 0 spiro atoms. The number of ether oxygens (including phenoxy) is 1. The summed E-state index contributed by atoms with van der Waals surface area (Å²) in [7, 11) is 0. The summed E-state index contributed by atoms with van der Waals surface area (Å²) in [6.07, 6.45) is 0.977. The van der Waals surface area contributed by atoms with Crippen molar-refractivity contribution in [2.45, 2.75) is 19.9 Å². The Labute approximate surface area is 104 Å². The monoisotopic (exact) mass is 289 g/mol. The van der Waals surface area contributed by atoms with Crippen LogP contribution in [0.25, 0.3) is 0 Å². The number of benzene rings is 1. The van der Waals surface area contributed by atoms with Crippen molar-refractivity contribution in [2.75, 3.05) is 19.8 Å². The van der Waals surface area contributed by atoms with Crippen LogP contribution in [0.3, 0.4) is 0 Å². The molecule has 0 fully saturated rings. The zero-order chi connectivity index (χ0) is 11.8. The molecular weight excluding hydrogens is 273 g/mol. The van der Waals surface area contributed by atoms with Gasteiger partial charge in [-0.05, 0) is 43.7 Å². The summed E-state index contributed by atoms with van der Waals surface area (Å²) in [5.74, 6) is -0.208. The second kappa shape index (κ2) is 7.76. The van der Waals surface area contributed by atoms with Crippen LogP contribution in [0.5, 0.6) is 0 Å². The summed E-state index contributed by atoms with van der Waals surface area (Å²) < 4.78 is 19.0. The van der Waals surface area contributed by atoms with Gasteiger partial charge in [0.2, 0.25) is 0 Å². The lowest BCUT2D eigenvalue weighted by Crippen LogP contribution is -2.16. The van der Waals surface area contributed by atoms with Gasteiger partial charge in [-0.15, -0.1) is 0 Å². The van der Waals surface area contributed by atoms with Crippen LogP contribution in [0.1, 0.15) is 18.9 Å². The molecule has 16 heavy (non-hydrogen) atoms. The Bertz CT molecular complexity index is 300. The first-order valence-corrected chi connectivity index (χ1v) is 6.25. The maximum atomic E-state index is 13.0. The van der Waals surface area contributed by atoms with Crippen molar-refractivity contribution >= 4 is 15.9 Å². The van der Waals surface area contributed by atoms with Crippen molar-refractivity contribution in [3.63, 3.8) is 0 Å². The summed E-state index contributed by atoms with van der Waals surface area (Å²) in [5.41, 5.74) is 0.947. The highest BCUT2D eigenvalue weighted by Gasteiger charge is 1.98. The summed E-state index contributed by atoms with van der Waals surface area (Å²) in [6, 6.07) is 4.91. The first kappa shape index (κ1) is 13.6. The Morgan fingerprint density at radius 1 is 1.38 bits per heavy atom. The van der Waals surface area contributed by atoms with Crippen LogP contribution in [0, 0.1) is 5.82 Å². The van der Waals surface area contributed by atoms with Crippen LogP contribution in [0.2, 0.25) is 0 Å². The molecule has 1 rings (SSSR count). The van der Waals surface area contributed by atoms with E-state index >= 15 is 0 Å². The smallest absolute Gasteiger partial charge is 0.124 e. The van der Waals surface area contributed by atoms with E-state index in [9.17, 15) is 4.39 Å². The molecule has 0 atom stereocenters. The average Bonchev–Trinajstić information content (AvgIpc) is 2.22. The molecule has 0 aliphatic carbocycles. The molecule has 0 saturated heterocycles. The van der Waals surface area contributed by atoms with Crippen molar-refractivity contribution in [3.05, 3.63) is 34.1 Å². The zero-order valence-corrected chi connectivity index (χ0v) is 11.0. The molecule has 2 nitrogen and oxygen atoms in total. The minimum atomic E-state index is -0.208. The third-order valence-corrected chi connectivity index (χ3v) is 2.56. The first-order valence-electron chi connectivity index (χ1n) is 5.46. The van der Waals surface area contributed by atoms with Crippen molar-refractivity contribution < 1.29 is 9.13 Å². The zero-order valence-electron chi connectivity index (χ0n) is 9.43. The number of hydrogen-bond acceptors (Lipinski definition) is 2. The second-order valence-electron chi connectivity index (χ2n) is 3.50. The predicted octanol–water partition coefficient (Wildman–Crippen LogP) is 3.10. The molecule has 1 N–H and O–H groups in total. The summed E-state index contributed by atoms with van der Waals surface area (Å²) >= 11 is 3.27. The fraction of sp³-hybridized carbons (Fsp3) is 0.500. The van der Waals surface area contributed by atoms with Crippen LogP contribution >= 0.6 is 15.9 Å². The summed E-state index contributed by atoms with van der Waals surface area (Å²) in [4.78, 5) is 0. The van der Waals surface area contributed by atoms with Gasteiger partial charge in [0.15, 0.2) is 0 Å². The van der Waals surface area contributed by atoms with Crippen molar-refractivity contribution in [3.8, 4) is 0 Å². The highest BCUT2D eigenvalue weighted by molar-refractivity contribution is 9.10. The Balaban J connectivity index is 2.21. The molecule has 0 unspecified atom stereocenters. The van der Waals surface area contributed by atoms with Crippen LogP contribution < -0.4 is 5.32 Å². The Morgan fingerprint density at radius 2 is 2.19 bits per heavy atom. The molecule has 0 amide bonds. The van der Waals surface area contributed by atoms with E-state index in [-0.39, 0.29) is 5.82 Å². The van der Waals surface area contributed by atoms with Crippen molar-refractivity contribution in [2.24, 2.45) is 0 Å². The van der Waals surface area contributed by atoms with Crippen LogP contribution in [0.15, 0.2) is 22.7 Å². The first-order chi connectivity index (χ1) is 7.72.